The van der Waals surface area contributed by atoms with Gasteiger partial charge in [0.05, 0.1) is 0 Å². The molecule has 4 heteroatoms. The summed E-state index contributed by atoms with van der Waals surface area (Å²) in [6, 6.07) is 15.1. The molecule has 0 aliphatic rings. The van der Waals surface area contributed by atoms with Crippen molar-refractivity contribution in [2.45, 2.75) is 13.5 Å². The zero-order chi connectivity index (χ0) is 14.4. The van der Waals surface area contributed by atoms with E-state index in [4.69, 9.17) is 16.3 Å². The lowest BCUT2D eigenvalue weighted by molar-refractivity contribution is -0.142. The predicted molar refractivity (Wildman–Crippen MR) is 80.9 cm³/mol. The van der Waals surface area contributed by atoms with E-state index in [1.54, 1.807) is 12.1 Å². The molecule has 0 spiro atoms. The number of carbonyl (C=O) groups excluding carboxylic acids is 1. The maximum absolute atomic E-state index is 11.6. The second-order valence-corrected chi connectivity index (χ2v) is 4.94. The standard InChI is InChI=1S/C16H16ClNO2/c1-12-2-8-15(9-3-12)18-10-16(19)20-11-13-4-6-14(17)7-5-13/h2-9,18H,10-11H2,1H3. The molecule has 104 valence electrons. The molecule has 20 heavy (non-hydrogen) atoms. The topological polar surface area (TPSA) is 38.3 Å². The summed E-state index contributed by atoms with van der Waals surface area (Å²) in [5, 5.41) is 3.69. The van der Waals surface area contributed by atoms with E-state index in [0.29, 0.717) is 5.02 Å². The molecule has 2 rings (SSSR count). The second kappa shape index (κ2) is 6.96. The van der Waals surface area contributed by atoms with Crippen LogP contribution in [-0.2, 0) is 16.1 Å². The third-order valence-electron chi connectivity index (χ3n) is 2.80. The molecule has 0 aromatic heterocycles. The first-order valence-corrected chi connectivity index (χ1v) is 6.72. The zero-order valence-corrected chi connectivity index (χ0v) is 12.0. The molecule has 0 radical (unpaired) electrons. The Kier molecular flexibility index (Phi) is 5.02. The van der Waals surface area contributed by atoms with Gasteiger partial charge in [0.15, 0.2) is 0 Å². The van der Waals surface area contributed by atoms with E-state index in [1.807, 2.05) is 43.3 Å². The fraction of sp³-hybridized carbons (Fsp3) is 0.188. The predicted octanol–water partition coefficient (Wildman–Crippen LogP) is 3.80. The average Bonchev–Trinajstić information content (AvgIpc) is 2.46. The highest BCUT2D eigenvalue weighted by atomic mass is 35.5. The van der Waals surface area contributed by atoms with Crippen molar-refractivity contribution < 1.29 is 9.53 Å². The van der Waals surface area contributed by atoms with Crippen molar-refractivity contribution in [1.29, 1.82) is 0 Å². The van der Waals surface area contributed by atoms with Gasteiger partial charge in [-0.05, 0) is 36.8 Å². The quantitative estimate of drug-likeness (QED) is 0.851. The van der Waals surface area contributed by atoms with Crippen LogP contribution in [0, 0.1) is 6.92 Å². The Morgan fingerprint density at radius 1 is 1.10 bits per heavy atom. The maximum atomic E-state index is 11.6. The lowest BCUT2D eigenvalue weighted by Gasteiger charge is -2.07. The van der Waals surface area contributed by atoms with Gasteiger partial charge in [-0.25, -0.2) is 0 Å². The van der Waals surface area contributed by atoms with Crippen molar-refractivity contribution in [3.8, 4) is 0 Å². The largest absolute Gasteiger partial charge is 0.460 e. The summed E-state index contributed by atoms with van der Waals surface area (Å²) < 4.78 is 5.17. The summed E-state index contributed by atoms with van der Waals surface area (Å²) >= 11 is 5.79. The smallest absolute Gasteiger partial charge is 0.325 e. The van der Waals surface area contributed by atoms with Gasteiger partial charge in [-0.2, -0.15) is 0 Å². The number of halogens is 1. The highest BCUT2D eigenvalue weighted by Crippen LogP contribution is 2.11. The molecule has 3 nitrogen and oxygen atoms in total. The van der Waals surface area contributed by atoms with Gasteiger partial charge < -0.3 is 10.1 Å². The number of carbonyl (C=O) groups is 1. The molecule has 2 aromatic carbocycles. The van der Waals surface area contributed by atoms with Crippen molar-refractivity contribution >= 4 is 23.3 Å². The number of aryl methyl sites for hydroxylation is 1. The lowest BCUT2D eigenvalue weighted by atomic mass is 10.2. The first-order valence-electron chi connectivity index (χ1n) is 6.34. The molecule has 0 aliphatic carbocycles. The SMILES string of the molecule is Cc1ccc(NCC(=O)OCc2ccc(Cl)cc2)cc1. The van der Waals surface area contributed by atoms with Crippen LogP contribution >= 0.6 is 11.6 Å². The fourth-order valence-corrected chi connectivity index (χ4v) is 1.77. The monoisotopic (exact) mass is 289 g/mol. The van der Waals surface area contributed by atoms with Crippen LogP contribution in [0.3, 0.4) is 0 Å². The number of benzene rings is 2. The fourth-order valence-electron chi connectivity index (χ4n) is 1.64. The first kappa shape index (κ1) is 14.4. The summed E-state index contributed by atoms with van der Waals surface area (Å²) in [4.78, 5) is 11.6. The maximum Gasteiger partial charge on any atom is 0.325 e. The van der Waals surface area contributed by atoms with Crippen molar-refractivity contribution in [2.24, 2.45) is 0 Å². The average molecular weight is 290 g/mol. The molecule has 0 bridgehead atoms. The molecule has 0 unspecified atom stereocenters. The Hall–Kier alpha value is -2.00. The van der Waals surface area contributed by atoms with Crippen molar-refractivity contribution in [2.75, 3.05) is 11.9 Å². The highest BCUT2D eigenvalue weighted by molar-refractivity contribution is 6.30. The minimum absolute atomic E-state index is 0.149. The van der Waals surface area contributed by atoms with Gasteiger partial charge in [0.1, 0.15) is 13.2 Å². The van der Waals surface area contributed by atoms with Gasteiger partial charge >= 0.3 is 5.97 Å². The van der Waals surface area contributed by atoms with Crippen LogP contribution in [0.2, 0.25) is 5.02 Å². The lowest BCUT2D eigenvalue weighted by Crippen LogP contribution is -2.16. The molecule has 0 fully saturated rings. The molecule has 0 aliphatic heterocycles. The van der Waals surface area contributed by atoms with E-state index in [-0.39, 0.29) is 19.1 Å². The number of anilines is 1. The zero-order valence-electron chi connectivity index (χ0n) is 11.2. The molecular formula is C16H16ClNO2. The Morgan fingerprint density at radius 2 is 1.75 bits per heavy atom. The van der Waals surface area contributed by atoms with E-state index < -0.39 is 0 Å². The minimum Gasteiger partial charge on any atom is -0.460 e. The minimum atomic E-state index is -0.291. The van der Waals surface area contributed by atoms with Gasteiger partial charge in [0.2, 0.25) is 0 Å². The van der Waals surface area contributed by atoms with Gasteiger partial charge in [-0.15, -0.1) is 0 Å². The number of hydrogen-bond donors (Lipinski definition) is 1. The summed E-state index contributed by atoms with van der Waals surface area (Å²) in [5.41, 5.74) is 3.00. The van der Waals surface area contributed by atoms with Gasteiger partial charge in [0.25, 0.3) is 0 Å². The first-order chi connectivity index (χ1) is 9.63. The number of hydrogen-bond acceptors (Lipinski definition) is 3. The molecule has 0 atom stereocenters. The molecule has 0 saturated carbocycles. The van der Waals surface area contributed by atoms with E-state index >= 15 is 0 Å². The molecule has 2 aromatic rings. The van der Waals surface area contributed by atoms with Crippen molar-refractivity contribution in [3.05, 3.63) is 64.7 Å². The van der Waals surface area contributed by atoms with Gasteiger partial charge in [-0.3, -0.25) is 4.79 Å². The van der Waals surface area contributed by atoms with E-state index in [0.717, 1.165) is 11.3 Å². The number of ether oxygens (including phenoxy) is 1. The van der Waals surface area contributed by atoms with Crippen LogP contribution in [0.25, 0.3) is 0 Å². The van der Waals surface area contributed by atoms with E-state index in [9.17, 15) is 4.79 Å². The third-order valence-corrected chi connectivity index (χ3v) is 3.05. The van der Waals surface area contributed by atoms with Gasteiger partial charge in [-0.1, -0.05) is 41.4 Å². The van der Waals surface area contributed by atoms with Crippen molar-refractivity contribution in [3.63, 3.8) is 0 Å². The Labute approximate surface area is 123 Å². The van der Waals surface area contributed by atoms with Crippen LogP contribution in [0.4, 0.5) is 5.69 Å². The summed E-state index contributed by atoms with van der Waals surface area (Å²) in [6.45, 7) is 2.42. The molecule has 0 saturated heterocycles. The summed E-state index contributed by atoms with van der Waals surface area (Å²) in [5.74, 6) is -0.291. The second-order valence-electron chi connectivity index (χ2n) is 4.51. The molecule has 0 amide bonds. The Bertz CT molecular complexity index is 513. The van der Waals surface area contributed by atoms with Crippen LogP contribution in [0.15, 0.2) is 48.5 Å². The summed E-state index contributed by atoms with van der Waals surface area (Å²) in [6.07, 6.45) is 0. The Morgan fingerprint density at radius 3 is 2.40 bits per heavy atom. The highest BCUT2D eigenvalue weighted by Gasteiger charge is 2.03. The number of rotatable bonds is 5. The molecule has 0 heterocycles. The number of esters is 1. The van der Waals surface area contributed by atoms with Crippen LogP contribution in [0.5, 0.6) is 0 Å². The normalized spacial score (nSPS) is 10.1. The Balaban J connectivity index is 1.75. The number of nitrogens with one attached hydrogen (secondary N) is 1. The molecular weight excluding hydrogens is 274 g/mol. The van der Waals surface area contributed by atoms with E-state index in [1.165, 1.54) is 5.56 Å². The van der Waals surface area contributed by atoms with Crippen LogP contribution in [0.1, 0.15) is 11.1 Å². The third kappa shape index (κ3) is 4.59. The molecule has 1 N–H and O–H groups in total. The van der Waals surface area contributed by atoms with Crippen molar-refractivity contribution in [1.82, 2.24) is 0 Å². The van der Waals surface area contributed by atoms with Gasteiger partial charge in [0, 0.05) is 10.7 Å². The summed E-state index contributed by atoms with van der Waals surface area (Å²) in [7, 11) is 0. The van der Waals surface area contributed by atoms with Crippen LogP contribution < -0.4 is 5.32 Å². The van der Waals surface area contributed by atoms with E-state index in [2.05, 4.69) is 5.32 Å². The van der Waals surface area contributed by atoms with Crippen LogP contribution in [-0.4, -0.2) is 12.5 Å².